The smallest absolute Gasteiger partial charge is 0.247 e. The van der Waals surface area contributed by atoms with Gasteiger partial charge < -0.3 is 10.1 Å². The number of nitrogens with zero attached hydrogens (tertiary/aromatic N) is 1. The minimum absolute atomic E-state index is 0.392. The molecule has 150 valence electrons. The van der Waals surface area contributed by atoms with Crippen LogP contribution < -0.4 is 14.4 Å². The maximum Gasteiger partial charge on any atom is 0.247 e. The number of rotatable bonds is 9. The number of ether oxygens (including phenoxy) is 1. The van der Waals surface area contributed by atoms with E-state index in [-0.39, 0.29) is 0 Å². The van der Waals surface area contributed by atoms with Crippen molar-refractivity contribution in [1.82, 2.24) is 0 Å². The second-order valence-electron chi connectivity index (χ2n) is 6.37. The fourth-order valence-corrected chi connectivity index (χ4v) is 3.90. The van der Waals surface area contributed by atoms with Crippen LogP contribution in [0.3, 0.4) is 0 Å². The summed E-state index contributed by atoms with van der Waals surface area (Å²) in [6.07, 6.45) is 3.59. The molecule has 6 nitrogen and oxygen atoms in total. The van der Waals surface area contributed by atoms with Crippen molar-refractivity contribution in [3.05, 3.63) is 66.7 Å². The molecule has 0 aliphatic carbocycles. The number of amides is 1. The molecule has 0 saturated carbocycles. The summed E-state index contributed by atoms with van der Waals surface area (Å²) >= 11 is 0. The molecule has 0 bridgehead atoms. The first kappa shape index (κ1) is 21.5. The molecular weight excluding hydrogens is 376 g/mol. The minimum Gasteiger partial charge on any atom is -0.490 e. The number of anilines is 2. The highest BCUT2D eigenvalue weighted by Gasteiger charge is 2.29. The lowest BCUT2D eigenvalue weighted by Gasteiger charge is -2.28. The van der Waals surface area contributed by atoms with Crippen molar-refractivity contribution in [2.45, 2.75) is 26.3 Å². The van der Waals surface area contributed by atoms with Crippen LogP contribution in [0.2, 0.25) is 0 Å². The van der Waals surface area contributed by atoms with Crippen LogP contribution in [0, 0.1) is 0 Å². The van der Waals surface area contributed by atoms with E-state index in [0.29, 0.717) is 23.7 Å². The largest absolute Gasteiger partial charge is 0.490 e. The summed E-state index contributed by atoms with van der Waals surface area (Å²) in [5, 5.41) is 2.75. The van der Waals surface area contributed by atoms with Crippen molar-refractivity contribution < 1.29 is 17.9 Å². The monoisotopic (exact) mass is 402 g/mol. The van der Waals surface area contributed by atoms with Gasteiger partial charge in [0, 0.05) is 5.69 Å². The third-order valence-corrected chi connectivity index (χ3v) is 5.42. The Kier molecular flexibility index (Phi) is 7.23. The zero-order valence-electron chi connectivity index (χ0n) is 16.4. The highest BCUT2D eigenvalue weighted by atomic mass is 32.2. The third-order valence-electron chi connectivity index (χ3n) is 4.18. The quantitative estimate of drug-likeness (QED) is 0.650. The highest BCUT2D eigenvalue weighted by molar-refractivity contribution is 7.92. The van der Waals surface area contributed by atoms with Gasteiger partial charge in [0.15, 0.2) is 0 Å². The molecule has 0 aliphatic heterocycles. The Morgan fingerprint density at radius 2 is 1.79 bits per heavy atom. The summed E-state index contributed by atoms with van der Waals surface area (Å²) in [4.78, 5) is 12.7. The molecule has 28 heavy (non-hydrogen) atoms. The number of hydrogen-bond acceptors (Lipinski definition) is 4. The Morgan fingerprint density at radius 3 is 2.29 bits per heavy atom. The van der Waals surface area contributed by atoms with E-state index in [1.807, 2.05) is 19.1 Å². The molecule has 7 heteroatoms. The summed E-state index contributed by atoms with van der Waals surface area (Å²) in [5.41, 5.74) is 2.10. The van der Waals surface area contributed by atoms with E-state index < -0.39 is 22.0 Å². The molecule has 1 atom stereocenters. The zero-order valence-corrected chi connectivity index (χ0v) is 17.2. The molecule has 1 amide bonds. The number of aryl methyl sites for hydroxylation is 1. The van der Waals surface area contributed by atoms with Gasteiger partial charge in [0.25, 0.3) is 0 Å². The topological polar surface area (TPSA) is 75.7 Å². The van der Waals surface area contributed by atoms with Crippen LogP contribution in [0.15, 0.2) is 61.2 Å². The summed E-state index contributed by atoms with van der Waals surface area (Å²) in [6.45, 7) is 7.56. The predicted molar refractivity (Wildman–Crippen MR) is 113 cm³/mol. The van der Waals surface area contributed by atoms with Gasteiger partial charge in [0.05, 0.1) is 11.9 Å². The predicted octanol–water partition coefficient (Wildman–Crippen LogP) is 3.61. The number of nitrogens with one attached hydrogen (secondary N) is 1. The fraction of sp³-hybridized carbons (Fsp3) is 0.286. The molecule has 0 saturated heterocycles. The van der Waals surface area contributed by atoms with Gasteiger partial charge in [0.1, 0.15) is 18.4 Å². The lowest BCUT2D eigenvalue weighted by molar-refractivity contribution is -0.116. The molecule has 2 rings (SSSR count). The second-order valence-corrected chi connectivity index (χ2v) is 8.23. The van der Waals surface area contributed by atoms with Gasteiger partial charge in [0.2, 0.25) is 15.9 Å². The number of carbonyl (C=O) groups is 1. The maximum atomic E-state index is 12.7. The van der Waals surface area contributed by atoms with Crippen LogP contribution in [-0.4, -0.2) is 33.2 Å². The van der Waals surface area contributed by atoms with Crippen molar-refractivity contribution in [3.8, 4) is 5.75 Å². The first-order valence-corrected chi connectivity index (χ1v) is 10.8. The van der Waals surface area contributed by atoms with Gasteiger partial charge in [-0.3, -0.25) is 9.10 Å². The van der Waals surface area contributed by atoms with E-state index in [2.05, 4.69) is 11.9 Å². The van der Waals surface area contributed by atoms with E-state index in [9.17, 15) is 13.2 Å². The highest BCUT2D eigenvalue weighted by Crippen LogP contribution is 2.23. The molecule has 1 N–H and O–H groups in total. The van der Waals surface area contributed by atoms with Crippen LogP contribution in [0.1, 0.15) is 19.4 Å². The molecule has 0 aliphatic rings. The number of hydrogen-bond donors (Lipinski definition) is 1. The molecule has 0 radical (unpaired) electrons. The van der Waals surface area contributed by atoms with Gasteiger partial charge in [-0.05, 0) is 55.3 Å². The lowest BCUT2D eigenvalue weighted by atomic mass is 10.1. The molecule has 1 unspecified atom stereocenters. The Balaban J connectivity index is 2.18. The Labute approximate surface area is 166 Å². The van der Waals surface area contributed by atoms with Gasteiger partial charge in [-0.15, -0.1) is 0 Å². The van der Waals surface area contributed by atoms with Crippen molar-refractivity contribution in [1.29, 1.82) is 0 Å². The average molecular weight is 403 g/mol. The summed E-state index contributed by atoms with van der Waals surface area (Å²) < 4.78 is 31.2. The molecule has 0 heterocycles. The van der Waals surface area contributed by atoms with E-state index in [1.165, 1.54) is 0 Å². The first-order chi connectivity index (χ1) is 13.3. The van der Waals surface area contributed by atoms with Gasteiger partial charge in [-0.1, -0.05) is 31.7 Å². The first-order valence-electron chi connectivity index (χ1n) is 8.99. The van der Waals surface area contributed by atoms with Gasteiger partial charge in [-0.2, -0.15) is 0 Å². The second kappa shape index (κ2) is 9.41. The van der Waals surface area contributed by atoms with Gasteiger partial charge in [-0.25, -0.2) is 8.42 Å². The molecule has 0 spiro atoms. The van der Waals surface area contributed by atoms with Crippen molar-refractivity contribution >= 4 is 27.3 Å². The van der Waals surface area contributed by atoms with Gasteiger partial charge >= 0.3 is 0 Å². The standard InChI is InChI=1S/C21H26N2O4S/c1-5-15-27-20-13-9-18(10-14-20)22-21(24)16(3)23(28(4,25)26)19-11-7-17(6-2)8-12-19/h5,7-14,16H,1,6,15H2,2-4H3,(H,22,24). The molecule has 0 fully saturated rings. The van der Waals surface area contributed by atoms with Crippen LogP contribution in [-0.2, 0) is 21.2 Å². The van der Waals surface area contributed by atoms with Crippen molar-refractivity contribution in [2.24, 2.45) is 0 Å². The summed E-state index contributed by atoms with van der Waals surface area (Å²) in [6, 6.07) is 13.1. The van der Waals surface area contributed by atoms with Crippen molar-refractivity contribution in [3.63, 3.8) is 0 Å². The van der Waals surface area contributed by atoms with Crippen molar-refractivity contribution in [2.75, 3.05) is 22.5 Å². The average Bonchev–Trinajstić information content (AvgIpc) is 2.67. The number of benzene rings is 2. The Hall–Kier alpha value is -2.80. The fourth-order valence-electron chi connectivity index (χ4n) is 2.72. The molecule has 2 aromatic carbocycles. The normalized spacial score (nSPS) is 12.1. The maximum absolute atomic E-state index is 12.7. The third kappa shape index (κ3) is 5.60. The van der Waals surface area contributed by atoms with E-state index >= 15 is 0 Å². The SMILES string of the molecule is C=CCOc1ccc(NC(=O)C(C)N(c2ccc(CC)cc2)S(C)(=O)=O)cc1. The van der Waals surface area contributed by atoms with E-state index in [4.69, 9.17) is 4.74 Å². The van der Waals surface area contributed by atoms with Crippen LogP contribution >= 0.6 is 0 Å². The summed E-state index contributed by atoms with van der Waals surface area (Å²) in [7, 11) is -3.65. The van der Waals surface area contributed by atoms with Crippen LogP contribution in [0.4, 0.5) is 11.4 Å². The minimum atomic E-state index is -3.65. The lowest BCUT2D eigenvalue weighted by Crippen LogP contribution is -2.45. The molecular formula is C21H26N2O4S. The van der Waals surface area contributed by atoms with E-state index in [0.717, 1.165) is 22.5 Å². The molecule has 0 aromatic heterocycles. The Bertz CT molecular complexity index is 906. The van der Waals surface area contributed by atoms with Crippen LogP contribution in [0.25, 0.3) is 0 Å². The number of sulfonamides is 1. The zero-order chi connectivity index (χ0) is 20.7. The summed E-state index contributed by atoms with van der Waals surface area (Å²) in [5.74, 6) is 0.226. The van der Waals surface area contributed by atoms with Crippen LogP contribution in [0.5, 0.6) is 5.75 Å². The number of carbonyl (C=O) groups excluding carboxylic acids is 1. The molecule has 2 aromatic rings. The van der Waals surface area contributed by atoms with E-state index in [1.54, 1.807) is 49.4 Å². The Morgan fingerprint density at radius 1 is 1.18 bits per heavy atom.